The summed E-state index contributed by atoms with van der Waals surface area (Å²) in [6.45, 7) is 4.41. The van der Waals surface area contributed by atoms with E-state index >= 15 is 0 Å². The summed E-state index contributed by atoms with van der Waals surface area (Å²) in [6.07, 6.45) is 1.70. The summed E-state index contributed by atoms with van der Waals surface area (Å²) in [4.78, 5) is 6.43. The number of hydrogen-bond donors (Lipinski definition) is 2. The maximum Gasteiger partial charge on any atom is 0.137 e. The molecule has 21 heavy (non-hydrogen) atoms. The van der Waals surface area contributed by atoms with Crippen molar-refractivity contribution in [2.75, 3.05) is 26.0 Å². The van der Waals surface area contributed by atoms with Crippen molar-refractivity contribution in [3.63, 3.8) is 0 Å². The van der Waals surface area contributed by atoms with Gasteiger partial charge in [-0.15, -0.1) is 0 Å². The number of aliphatic hydroxyl groups excluding tert-OH is 1. The van der Waals surface area contributed by atoms with Crippen LogP contribution in [-0.4, -0.2) is 35.6 Å². The molecule has 4 heteroatoms. The number of likely N-dealkylation sites (N-methyl/N-ethyl adjacent to an activating group) is 1. The summed E-state index contributed by atoms with van der Waals surface area (Å²) in [5.74, 6) is 0.656. The Morgan fingerprint density at radius 2 is 1.95 bits per heavy atom. The second-order valence-electron chi connectivity index (χ2n) is 5.22. The van der Waals surface area contributed by atoms with Gasteiger partial charge in [0.2, 0.25) is 0 Å². The van der Waals surface area contributed by atoms with Gasteiger partial charge in [0.15, 0.2) is 0 Å². The van der Waals surface area contributed by atoms with E-state index in [1.165, 1.54) is 5.56 Å². The molecule has 0 aliphatic rings. The van der Waals surface area contributed by atoms with Crippen LogP contribution in [0.4, 0.5) is 5.82 Å². The monoisotopic (exact) mass is 283 g/mol. The van der Waals surface area contributed by atoms with Crippen molar-refractivity contribution in [2.45, 2.75) is 6.04 Å². The van der Waals surface area contributed by atoms with E-state index < -0.39 is 0 Å². The summed E-state index contributed by atoms with van der Waals surface area (Å²) < 4.78 is 0. The molecule has 0 saturated carbocycles. The minimum absolute atomic E-state index is 0.0160. The number of aliphatic hydroxyl groups is 1. The van der Waals surface area contributed by atoms with Crippen LogP contribution in [0.5, 0.6) is 0 Å². The standard InChI is InChI=1S/C17H21N3O/c1-13(21)15-10-7-11-18-17(15)19-16(12-20(2)3)14-8-5-4-6-9-14/h4-11,16,21H,1,12H2,2-3H3,(H,18,19). The van der Waals surface area contributed by atoms with Crippen LogP contribution < -0.4 is 5.32 Å². The van der Waals surface area contributed by atoms with Gasteiger partial charge in [0.05, 0.1) is 11.6 Å². The zero-order valence-electron chi connectivity index (χ0n) is 12.5. The topological polar surface area (TPSA) is 48.4 Å². The molecule has 2 aromatic rings. The van der Waals surface area contributed by atoms with Crippen LogP contribution >= 0.6 is 0 Å². The molecule has 0 aliphatic carbocycles. The molecule has 110 valence electrons. The average Bonchev–Trinajstić information content (AvgIpc) is 2.47. The molecule has 0 bridgehead atoms. The summed E-state index contributed by atoms with van der Waals surface area (Å²) in [6, 6.07) is 13.9. The van der Waals surface area contributed by atoms with E-state index in [9.17, 15) is 5.11 Å². The molecule has 0 saturated heterocycles. The zero-order valence-corrected chi connectivity index (χ0v) is 12.5. The first kappa shape index (κ1) is 15.1. The highest BCUT2D eigenvalue weighted by molar-refractivity contribution is 5.67. The fourth-order valence-corrected chi connectivity index (χ4v) is 2.20. The Bertz CT molecular complexity index is 596. The molecule has 1 atom stereocenters. The van der Waals surface area contributed by atoms with Gasteiger partial charge in [0.1, 0.15) is 11.6 Å². The highest BCUT2D eigenvalue weighted by atomic mass is 16.3. The van der Waals surface area contributed by atoms with Gasteiger partial charge in [-0.1, -0.05) is 36.9 Å². The maximum absolute atomic E-state index is 9.69. The van der Waals surface area contributed by atoms with Gasteiger partial charge in [0.25, 0.3) is 0 Å². The van der Waals surface area contributed by atoms with Gasteiger partial charge in [-0.2, -0.15) is 0 Å². The highest BCUT2D eigenvalue weighted by Crippen LogP contribution is 2.24. The third-order valence-electron chi connectivity index (χ3n) is 3.18. The first-order chi connectivity index (χ1) is 10.1. The number of hydrogen-bond acceptors (Lipinski definition) is 4. The molecule has 1 unspecified atom stereocenters. The van der Waals surface area contributed by atoms with E-state index in [4.69, 9.17) is 0 Å². The SMILES string of the molecule is C=C(O)c1cccnc1NC(CN(C)C)c1ccccc1. The fourth-order valence-electron chi connectivity index (χ4n) is 2.20. The molecule has 4 nitrogen and oxygen atoms in total. The number of anilines is 1. The highest BCUT2D eigenvalue weighted by Gasteiger charge is 2.15. The molecule has 0 spiro atoms. The van der Waals surface area contributed by atoms with E-state index in [0.29, 0.717) is 11.4 Å². The third kappa shape index (κ3) is 4.07. The molecule has 0 fully saturated rings. The lowest BCUT2D eigenvalue weighted by Crippen LogP contribution is -2.26. The number of aromatic nitrogens is 1. The molecule has 1 aromatic carbocycles. The average molecular weight is 283 g/mol. The van der Waals surface area contributed by atoms with Crippen LogP contribution in [-0.2, 0) is 0 Å². The van der Waals surface area contributed by atoms with Crippen molar-refractivity contribution < 1.29 is 5.11 Å². The van der Waals surface area contributed by atoms with Crippen LogP contribution in [0.15, 0.2) is 55.2 Å². The Morgan fingerprint density at radius 3 is 2.57 bits per heavy atom. The molecule has 0 amide bonds. The fraction of sp³-hybridized carbons (Fsp3) is 0.235. The predicted octanol–water partition coefficient (Wildman–Crippen LogP) is 3.33. The smallest absolute Gasteiger partial charge is 0.137 e. The Balaban J connectivity index is 2.30. The quantitative estimate of drug-likeness (QED) is 0.798. The van der Waals surface area contributed by atoms with Gasteiger partial charge < -0.3 is 15.3 Å². The summed E-state index contributed by atoms with van der Waals surface area (Å²) in [5, 5.41) is 13.1. The van der Waals surface area contributed by atoms with Crippen LogP contribution in [0, 0.1) is 0 Å². The number of rotatable bonds is 6. The van der Waals surface area contributed by atoms with E-state index in [1.54, 1.807) is 18.3 Å². The number of nitrogens with zero attached hydrogens (tertiary/aromatic N) is 2. The largest absolute Gasteiger partial charge is 0.508 e. The van der Waals surface area contributed by atoms with Crippen LogP contribution in [0.3, 0.4) is 0 Å². The number of benzene rings is 1. The van der Waals surface area contributed by atoms with Crippen molar-refractivity contribution in [1.82, 2.24) is 9.88 Å². The Hall–Kier alpha value is -2.33. The molecule has 0 aliphatic heterocycles. The van der Waals surface area contributed by atoms with E-state index in [0.717, 1.165) is 6.54 Å². The Morgan fingerprint density at radius 1 is 1.24 bits per heavy atom. The van der Waals surface area contributed by atoms with Gasteiger partial charge in [-0.05, 0) is 31.8 Å². The van der Waals surface area contributed by atoms with Gasteiger partial charge >= 0.3 is 0 Å². The first-order valence-corrected chi connectivity index (χ1v) is 6.87. The summed E-state index contributed by atoms with van der Waals surface area (Å²) in [5.41, 5.74) is 1.79. The molecule has 0 radical (unpaired) electrons. The van der Waals surface area contributed by atoms with E-state index in [2.05, 4.69) is 33.9 Å². The minimum Gasteiger partial charge on any atom is -0.508 e. The Labute approximate surface area is 125 Å². The van der Waals surface area contributed by atoms with E-state index in [1.807, 2.05) is 32.3 Å². The van der Waals surface area contributed by atoms with Crippen molar-refractivity contribution in [3.05, 3.63) is 66.4 Å². The molecule has 1 aromatic heterocycles. The third-order valence-corrected chi connectivity index (χ3v) is 3.18. The first-order valence-electron chi connectivity index (χ1n) is 6.87. The number of nitrogens with one attached hydrogen (secondary N) is 1. The van der Waals surface area contributed by atoms with Crippen LogP contribution in [0.1, 0.15) is 17.2 Å². The van der Waals surface area contributed by atoms with Gasteiger partial charge in [-0.3, -0.25) is 0 Å². The zero-order chi connectivity index (χ0) is 15.2. The van der Waals surface area contributed by atoms with Crippen molar-refractivity contribution in [3.8, 4) is 0 Å². The lowest BCUT2D eigenvalue weighted by atomic mass is 10.1. The molecular formula is C17H21N3O. The number of pyridine rings is 1. The van der Waals surface area contributed by atoms with Gasteiger partial charge in [0, 0.05) is 12.7 Å². The predicted molar refractivity (Wildman–Crippen MR) is 87.3 cm³/mol. The van der Waals surface area contributed by atoms with Crippen LogP contribution in [0.2, 0.25) is 0 Å². The van der Waals surface area contributed by atoms with Gasteiger partial charge in [-0.25, -0.2) is 4.98 Å². The molecule has 1 heterocycles. The van der Waals surface area contributed by atoms with Crippen molar-refractivity contribution >= 4 is 11.6 Å². The van der Waals surface area contributed by atoms with E-state index in [-0.39, 0.29) is 11.8 Å². The lowest BCUT2D eigenvalue weighted by Gasteiger charge is -2.24. The molecular weight excluding hydrogens is 262 g/mol. The lowest BCUT2D eigenvalue weighted by molar-refractivity contribution is 0.386. The normalized spacial score (nSPS) is 12.1. The minimum atomic E-state index is 0.0160. The van der Waals surface area contributed by atoms with Crippen molar-refractivity contribution in [2.24, 2.45) is 0 Å². The second-order valence-corrected chi connectivity index (χ2v) is 5.22. The van der Waals surface area contributed by atoms with Crippen molar-refractivity contribution in [1.29, 1.82) is 0 Å². The maximum atomic E-state index is 9.69. The van der Waals surface area contributed by atoms with Crippen LogP contribution in [0.25, 0.3) is 5.76 Å². The molecule has 2 rings (SSSR count). The second kappa shape index (κ2) is 6.90. The Kier molecular flexibility index (Phi) is 4.95. The summed E-state index contributed by atoms with van der Waals surface area (Å²) >= 11 is 0. The summed E-state index contributed by atoms with van der Waals surface area (Å²) in [7, 11) is 4.06. The molecule has 2 N–H and O–H groups in total.